The molecule has 1 heterocycles. The first-order chi connectivity index (χ1) is 10.1. The van der Waals surface area contributed by atoms with Crippen LogP contribution in [-0.2, 0) is 0 Å². The highest BCUT2D eigenvalue weighted by Gasteiger charge is 2.22. The second-order valence-electron chi connectivity index (χ2n) is 4.78. The zero-order valence-electron chi connectivity index (χ0n) is 12.3. The van der Waals surface area contributed by atoms with E-state index in [9.17, 15) is 4.79 Å². The van der Waals surface area contributed by atoms with Crippen molar-refractivity contribution in [3.05, 3.63) is 58.9 Å². The van der Waals surface area contributed by atoms with Crippen LogP contribution in [0.3, 0.4) is 0 Å². The van der Waals surface area contributed by atoms with Crippen LogP contribution in [0.5, 0.6) is 0 Å². The Labute approximate surface area is 129 Å². The van der Waals surface area contributed by atoms with Gasteiger partial charge in [0.25, 0.3) is 5.91 Å². The molecule has 0 aliphatic carbocycles. The van der Waals surface area contributed by atoms with E-state index >= 15 is 0 Å². The molecule has 1 atom stereocenters. The predicted octanol–water partition coefficient (Wildman–Crippen LogP) is 3.61. The standard InChI is InChI=1S/C16H18ClN3O/c1-11(12-6-4-5-7-14(12)17)20(3)16(21)13-8-9-19-10-15(13)18-2/h4-11,18H,1-3H3. The highest BCUT2D eigenvalue weighted by Crippen LogP contribution is 2.28. The summed E-state index contributed by atoms with van der Waals surface area (Å²) in [6, 6.07) is 9.15. The van der Waals surface area contributed by atoms with Gasteiger partial charge in [-0.25, -0.2) is 0 Å². The monoisotopic (exact) mass is 303 g/mol. The van der Waals surface area contributed by atoms with Gasteiger partial charge in [0.05, 0.1) is 23.5 Å². The second-order valence-corrected chi connectivity index (χ2v) is 5.19. The molecule has 0 aliphatic rings. The van der Waals surface area contributed by atoms with Gasteiger partial charge in [0.1, 0.15) is 0 Å². The summed E-state index contributed by atoms with van der Waals surface area (Å²) in [4.78, 5) is 18.4. The summed E-state index contributed by atoms with van der Waals surface area (Å²) < 4.78 is 0. The SMILES string of the molecule is CNc1cnccc1C(=O)N(C)C(C)c1ccccc1Cl. The minimum Gasteiger partial charge on any atom is -0.386 e. The van der Waals surface area contributed by atoms with Crippen molar-refractivity contribution in [3.8, 4) is 0 Å². The summed E-state index contributed by atoms with van der Waals surface area (Å²) in [5, 5.41) is 3.65. The van der Waals surface area contributed by atoms with E-state index in [1.54, 1.807) is 37.5 Å². The predicted molar refractivity (Wildman–Crippen MR) is 85.7 cm³/mol. The number of hydrogen-bond acceptors (Lipinski definition) is 3. The van der Waals surface area contributed by atoms with Crippen molar-refractivity contribution in [2.24, 2.45) is 0 Å². The lowest BCUT2D eigenvalue weighted by Gasteiger charge is -2.26. The smallest absolute Gasteiger partial charge is 0.256 e. The minimum absolute atomic E-state index is 0.0748. The zero-order chi connectivity index (χ0) is 15.4. The van der Waals surface area contributed by atoms with Gasteiger partial charge in [-0.15, -0.1) is 0 Å². The van der Waals surface area contributed by atoms with Crippen molar-refractivity contribution < 1.29 is 4.79 Å². The number of pyridine rings is 1. The topological polar surface area (TPSA) is 45.2 Å². The van der Waals surface area contributed by atoms with Crippen molar-refractivity contribution in [2.75, 3.05) is 19.4 Å². The normalized spacial score (nSPS) is 11.8. The number of anilines is 1. The number of hydrogen-bond donors (Lipinski definition) is 1. The number of benzene rings is 1. The van der Waals surface area contributed by atoms with Gasteiger partial charge < -0.3 is 10.2 Å². The van der Waals surface area contributed by atoms with E-state index in [1.807, 2.05) is 31.2 Å². The van der Waals surface area contributed by atoms with Crippen LogP contribution in [-0.4, -0.2) is 29.9 Å². The lowest BCUT2D eigenvalue weighted by molar-refractivity contribution is 0.0743. The van der Waals surface area contributed by atoms with E-state index in [0.717, 1.165) is 5.56 Å². The van der Waals surface area contributed by atoms with E-state index in [1.165, 1.54) is 0 Å². The van der Waals surface area contributed by atoms with Crippen molar-refractivity contribution >= 4 is 23.2 Å². The zero-order valence-corrected chi connectivity index (χ0v) is 13.1. The molecule has 1 aromatic heterocycles. The molecular weight excluding hydrogens is 286 g/mol. The van der Waals surface area contributed by atoms with E-state index in [2.05, 4.69) is 10.3 Å². The molecule has 0 saturated carbocycles. The summed E-state index contributed by atoms with van der Waals surface area (Å²) in [6.07, 6.45) is 3.25. The molecule has 0 bridgehead atoms. The fourth-order valence-electron chi connectivity index (χ4n) is 2.17. The molecule has 5 heteroatoms. The quantitative estimate of drug-likeness (QED) is 0.938. The van der Waals surface area contributed by atoms with Gasteiger partial charge in [-0.2, -0.15) is 0 Å². The average Bonchev–Trinajstić information content (AvgIpc) is 2.53. The Morgan fingerprint density at radius 2 is 2.05 bits per heavy atom. The molecule has 0 aliphatic heterocycles. The molecule has 1 aromatic carbocycles. The lowest BCUT2D eigenvalue weighted by Crippen LogP contribution is -2.30. The summed E-state index contributed by atoms with van der Waals surface area (Å²) in [7, 11) is 3.54. The van der Waals surface area contributed by atoms with Crippen molar-refractivity contribution in [2.45, 2.75) is 13.0 Å². The Balaban J connectivity index is 2.29. The summed E-state index contributed by atoms with van der Waals surface area (Å²) in [5.41, 5.74) is 2.23. The number of aromatic nitrogens is 1. The third-order valence-corrected chi connectivity index (χ3v) is 3.92. The van der Waals surface area contributed by atoms with Gasteiger partial charge in [-0.1, -0.05) is 29.8 Å². The van der Waals surface area contributed by atoms with Gasteiger partial charge in [0, 0.05) is 25.3 Å². The van der Waals surface area contributed by atoms with Crippen molar-refractivity contribution in [1.29, 1.82) is 0 Å². The molecule has 1 unspecified atom stereocenters. The maximum atomic E-state index is 12.7. The molecule has 2 aromatic rings. The Bertz CT molecular complexity index is 645. The molecule has 110 valence electrons. The minimum atomic E-state index is -0.121. The van der Waals surface area contributed by atoms with Crippen LogP contribution in [0.1, 0.15) is 28.9 Å². The molecule has 21 heavy (non-hydrogen) atoms. The number of nitrogens with zero attached hydrogens (tertiary/aromatic N) is 2. The fourth-order valence-corrected chi connectivity index (χ4v) is 2.46. The van der Waals surface area contributed by atoms with E-state index in [0.29, 0.717) is 16.3 Å². The van der Waals surface area contributed by atoms with Gasteiger partial charge >= 0.3 is 0 Å². The number of rotatable bonds is 4. The molecule has 2 rings (SSSR count). The van der Waals surface area contributed by atoms with E-state index < -0.39 is 0 Å². The number of nitrogens with one attached hydrogen (secondary N) is 1. The van der Waals surface area contributed by atoms with Crippen molar-refractivity contribution in [1.82, 2.24) is 9.88 Å². The molecule has 1 N–H and O–H groups in total. The first kappa shape index (κ1) is 15.3. The van der Waals surface area contributed by atoms with E-state index in [4.69, 9.17) is 11.6 Å². The Morgan fingerprint density at radius 1 is 1.33 bits per heavy atom. The lowest BCUT2D eigenvalue weighted by atomic mass is 10.1. The van der Waals surface area contributed by atoms with Gasteiger partial charge in [0.2, 0.25) is 0 Å². The third kappa shape index (κ3) is 3.16. The van der Waals surface area contributed by atoms with Crippen molar-refractivity contribution in [3.63, 3.8) is 0 Å². The maximum absolute atomic E-state index is 12.7. The Kier molecular flexibility index (Phi) is 4.81. The maximum Gasteiger partial charge on any atom is 0.256 e. The van der Waals surface area contributed by atoms with Crippen LogP contribution in [0, 0.1) is 0 Å². The largest absolute Gasteiger partial charge is 0.386 e. The average molecular weight is 304 g/mol. The van der Waals surface area contributed by atoms with Gasteiger partial charge in [-0.05, 0) is 24.6 Å². The molecule has 0 spiro atoms. The third-order valence-electron chi connectivity index (χ3n) is 3.58. The van der Waals surface area contributed by atoms with Crippen LogP contribution in [0.2, 0.25) is 5.02 Å². The highest BCUT2D eigenvalue weighted by atomic mass is 35.5. The number of carbonyl (C=O) groups is 1. The van der Waals surface area contributed by atoms with Gasteiger partial charge in [0.15, 0.2) is 0 Å². The summed E-state index contributed by atoms with van der Waals surface area (Å²) >= 11 is 6.21. The summed E-state index contributed by atoms with van der Waals surface area (Å²) in [6.45, 7) is 1.96. The van der Waals surface area contributed by atoms with E-state index in [-0.39, 0.29) is 11.9 Å². The van der Waals surface area contributed by atoms with Crippen LogP contribution >= 0.6 is 11.6 Å². The number of halogens is 1. The second kappa shape index (κ2) is 6.59. The molecule has 0 radical (unpaired) electrons. The molecule has 4 nitrogen and oxygen atoms in total. The number of amides is 1. The molecule has 1 amide bonds. The number of carbonyl (C=O) groups excluding carboxylic acids is 1. The molecule has 0 saturated heterocycles. The van der Waals surface area contributed by atoms with Crippen LogP contribution in [0.25, 0.3) is 0 Å². The Morgan fingerprint density at radius 3 is 2.71 bits per heavy atom. The summed E-state index contributed by atoms with van der Waals surface area (Å²) in [5.74, 6) is -0.0748. The highest BCUT2D eigenvalue weighted by molar-refractivity contribution is 6.31. The first-order valence-corrected chi connectivity index (χ1v) is 7.07. The van der Waals surface area contributed by atoms with Crippen LogP contribution < -0.4 is 5.32 Å². The molecular formula is C16H18ClN3O. The van der Waals surface area contributed by atoms with Gasteiger partial charge in [-0.3, -0.25) is 9.78 Å². The Hall–Kier alpha value is -2.07. The molecule has 0 fully saturated rings. The fraction of sp³-hybridized carbons (Fsp3) is 0.250. The first-order valence-electron chi connectivity index (χ1n) is 6.69. The van der Waals surface area contributed by atoms with Crippen LogP contribution in [0.4, 0.5) is 5.69 Å². The van der Waals surface area contributed by atoms with Crippen LogP contribution in [0.15, 0.2) is 42.7 Å².